The summed E-state index contributed by atoms with van der Waals surface area (Å²) in [6.45, 7) is 10.8. The Balaban J connectivity index is 1.66. The smallest absolute Gasteiger partial charge is 0.306 e. The molecule has 4 N–H and O–H groups in total. The van der Waals surface area contributed by atoms with E-state index in [9.17, 15) is 25.2 Å². The lowest BCUT2D eigenvalue weighted by Gasteiger charge is -2.65. The van der Waals surface area contributed by atoms with E-state index < -0.39 is 12.1 Å². The van der Waals surface area contributed by atoms with Gasteiger partial charge in [-0.25, -0.2) is 0 Å². The first-order valence-corrected chi connectivity index (χ1v) is 13.2. The predicted octanol–water partition coefficient (Wildman–Crippen LogP) is 4.33. The maximum absolute atomic E-state index is 11.8. The minimum atomic E-state index is -0.743. The van der Waals surface area contributed by atoms with Crippen LogP contribution in [0.25, 0.3) is 0 Å². The summed E-state index contributed by atoms with van der Waals surface area (Å²) in [7, 11) is 0. The van der Waals surface area contributed by atoms with E-state index >= 15 is 0 Å². The van der Waals surface area contributed by atoms with Gasteiger partial charge in [0.15, 0.2) is 0 Å². The quantitative estimate of drug-likeness (QED) is 0.500. The minimum Gasteiger partial charge on any atom is -0.481 e. The first kappa shape index (κ1) is 24.5. The molecule has 4 saturated carbocycles. The summed E-state index contributed by atoms with van der Waals surface area (Å²) in [5, 5.41) is 43.3. The van der Waals surface area contributed by atoms with Gasteiger partial charge in [-0.1, -0.05) is 41.0 Å². The minimum absolute atomic E-state index is 0.0631. The molecule has 184 valence electrons. The van der Waals surface area contributed by atoms with E-state index in [1.807, 2.05) is 0 Å². The van der Waals surface area contributed by atoms with Gasteiger partial charge in [-0.3, -0.25) is 4.79 Å². The Kier molecular flexibility index (Phi) is 6.53. The van der Waals surface area contributed by atoms with Crippen LogP contribution >= 0.6 is 0 Å². The Hall–Kier alpha value is -0.650. The summed E-state index contributed by atoms with van der Waals surface area (Å²) in [5.74, 6) is 0.687. The van der Waals surface area contributed by atoms with E-state index in [0.29, 0.717) is 12.3 Å². The number of aliphatic hydroxyl groups is 3. The fourth-order valence-corrected chi connectivity index (χ4v) is 9.71. The fraction of sp³-hybridized carbons (Fsp3) is 0.963. The zero-order valence-corrected chi connectivity index (χ0v) is 20.7. The fourth-order valence-electron chi connectivity index (χ4n) is 9.71. The number of aliphatic carboxylic acids is 1. The molecule has 2 unspecified atom stereocenters. The Labute approximate surface area is 194 Å². The van der Waals surface area contributed by atoms with E-state index in [1.54, 1.807) is 6.92 Å². The highest BCUT2D eigenvalue weighted by molar-refractivity contribution is 5.69. The predicted molar refractivity (Wildman–Crippen MR) is 124 cm³/mol. The lowest BCUT2D eigenvalue weighted by molar-refractivity contribution is -0.228. The van der Waals surface area contributed by atoms with Gasteiger partial charge in [0.25, 0.3) is 0 Å². The normalized spacial score (nSPS) is 52.4. The van der Waals surface area contributed by atoms with Crippen LogP contribution in [0, 0.1) is 58.2 Å². The highest BCUT2D eigenvalue weighted by atomic mass is 16.4. The molecule has 5 nitrogen and oxygen atoms in total. The number of fused-ring (bicyclic) bond motifs is 5. The molecule has 0 aromatic heterocycles. The van der Waals surface area contributed by atoms with Crippen molar-refractivity contribution in [1.82, 2.24) is 0 Å². The summed E-state index contributed by atoms with van der Waals surface area (Å²) >= 11 is 0. The SMILES string of the molecule is CC[C@H]1[C@@H](O)[C@@H]2[C@H](C[C@H](O)[C@]3(C)[C@@H](C(C)CC(C)C(=O)O)CC[C@@H]23)[C@@]2(C)CC[C@@H](O)C[C@@H]12. The van der Waals surface area contributed by atoms with Crippen LogP contribution in [-0.2, 0) is 4.79 Å². The van der Waals surface area contributed by atoms with E-state index in [0.717, 1.165) is 44.9 Å². The average molecular weight is 451 g/mol. The maximum Gasteiger partial charge on any atom is 0.306 e. The highest BCUT2D eigenvalue weighted by Crippen LogP contribution is 2.69. The van der Waals surface area contributed by atoms with E-state index in [2.05, 4.69) is 27.7 Å². The molecule has 0 radical (unpaired) electrons. The molecule has 0 aliphatic heterocycles. The summed E-state index contributed by atoms with van der Waals surface area (Å²) in [6, 6.07) is 0. The number of rotatable bonds is 5. The first-order valence-electron chi connectivity index (χ1n) is 13.2. The van der Waals surface area contributed by atoms with Crippen molar-refractivity contribution in [2.75, 3.05) is 0 Å². The van der Waals surface area contributed by atoms with Crippen molar-refractivity contribution in [2.24, 2.45) is 58.2 Å². The summed E-state index contributed by atoms with van der Waals surface area (Å²) in [4.78, 5) is 11.5. The lowest BCUT2D eigenvalue weighted by Crippen LogP contribution is -2.65. The number of carbonyl (C=O) groups is 1. The summed E-state index contributed by atoms with van der Waals surface area (Å²) in [5.41, 5.74) is -0.205. The third-order valence-electron chi connectivity index (χ3n) is 11.4. The van der Waals surface area contributed by atoms with Gasteiger partial charge in [0.2, 0.25) is 0 Å². The summed E-state index contributed by atoms with van der Waals surface area (Å²) in [6.07, 6.45) is 5.85. The van der Waals surface area contributed by atoms with Gasteiger partial charge in [0.1, 0.15) is 0 Å². The van der Waals surface area contributed by atoms with Gasteiger partial charge in [0.05, 0.1) is 24.2 Å². The van der Waals surface area contributed by atoms with Crippen LogP contribution in [0.1, 0.15) is 86.0 Å². The molecule has 5 heteroatoms. The molecule has 4 aliphatic rings. The van der Waals surface area contributed by atoms with E-state index in [-0.39, 0.29) is 64.5 Å². The Morgan fingerprint density at radius 3 is 2.31 bits per heavy atom. The molecule has 0 aromatic carbocycles. The molecule has 4 aliphatic carbocycles. The largest absolute Gasteiger partial charge is 0.481 e. The van der Waals surface area contributed by atoms with Gasteiger partial charge in [-0.2, -0.15) is 0 Å². The van der Waals surface area contributed by atoms with Crippen molar-refractivity contribution in [3.8, 4) is 0 Å². The number of carboxylic acids is 1. The molecular formula is C27H46O5. The van der Waals surface area contributed by atoms with Crippen LogP contribution in [0.4, 0.5) is 0 Å². The molecule has 0 aromatic rings. The van der Waals surface area contributed by atoms with Gasteiger partial charge in [-0.05, 0) is 97.2 Å². The Bertz CT molecular complexity index is 710. The number of hydrogen-bond acceptors (Lipinski definition) is 4. The van der Waals surface area contributed by atoms with Crippen molar-refractivity contribution in [2.45, 2.75) is 104 Å². The van der Waals surface area contributed by atoms with Crippen LogP contribution in [0.3, 0.4) is 0 Å². The number of carboxylic acid groups (broad SMARTS) is 1. The van der Waals surface area contributed by atoms with Crippen LogP contribution in [0.2, 0.25) is 0 Å². The second-order valence-electron chi connectivity index (χ2n) is 12.6. The van der Waals surface area contributed by atoms with Gasteiger partial charge >= 0.3 is 5.97 Å². The standard InChI is InChI=1S/C27H46O5/c1-6-17-20-12-16(28)9-10-26(20,4)21-13-22(29)27(5)18(14(2)11-15(3)25(31)32)7-8-19(27)23(21)24(17)30/h14-24,28-30H,6-13H2,1-5H3,(H,31,32)/t14?,15?,16-,17-,18-,19+,20+,21+,22+,23+,24-,26+,27-/m1/s1. The van der Waals surface area contributed by atoms with Crippen LogP contribution in [0.15, 0.2) is 0 Å². The second-order valence-corrected chi connectivity index (χ2v) is 12.6. The molecule has 4 rings (SSSR count). The molecule has 0 saturated heterocycles. The van der Waals surface area contributed by atoms with Crippen LogP contribution in [-0.4, -0.2) is 44.7 Å². The van der Waals surface area contributed by atoms with E-state index in [4.69, 9.17) is 0 Å². The molecule has 0 heterocycles. The zero-order chi connectivity index (χ0) is 23.6. The molecular weight excluding hydrogens is 404 g/mol. The third-order valence-corrected chi connectivity index (χ3v) is 11.4. The molecule has 32 heavy (non-hydrogen) atoms. The zero-order valence-electron chi connectivity index (χ0n) is 20.7. The molecule has 4 fully saturated rings. The second kappa shape index (κ2) is 8.53. The topological polar surface area (TPSA) is 98.0 Å². The summed E-state index contributed by atoms with van der Waals surface area (Å²) < 4.78 is 0. The van der Waals surface area contributed by atoms with Gasteiger partial charge < -0.3 is 20.4 Å². The van der Waals surface area contributed by atoms with Crippen molar-refractivity contribution in [3.05, 3.63) is 0 Å². The van der Waals surface area contributed by atoms with Gasteiger partial charge in [-0.15, -0.1) is 0 Å². The number of aliphatic hydroxyl groups excluding tert-OH is 3. The number of hydrogen-bond donors (Lipinski definition) is 4. The Morgan fingerprint density at radius 2 is 1.69 bits per heavy atom. The van der Waals surface area contributed by atoms with Crippen molar-refractivity contribution >= 4 is 5.97 Å². The molecule has 0 amide bonds. The van der Waals surface area contributed by atoms with Gasteiger partial charge in [0, 0.05) is 0 Å². The molecule has 13 atom stereocenters. The first-order chi connectivity index (χ1) is 15.0. The average Bonchev–Trinajstić information content (AvgIpc) is 3.09. The third kappa shape index (κ3) is 3.48. The van der Waals surface area contributed by atoms with E-state index in [1.165, 1.54) is 0 Å². The van der Waals surface area contributed by atoms with Crippen molar-refractivity contribution in [1.29, 1.82) is 0 Å². The lowest BCUT2D eigenvalue weighted by atomic mass is 9.41. The monoisotopic (exact) mass is 450 g/mol. The molecule has 0 spiro atoms. The van der Waals surface area contributed by atoms with Crippen molar-refractivity contribution in [3.63, 3.8) is 0 Å². The van der Waals surface area contributed by atoms with Crippen molar-refractivity contribution < 1.29 is 25.2 Å². The highest BCUT2D eigenvalue weighted by Gasteiger charge is 2.67. The van der Waals surface area contributed by atoms with Crippen LogP contribution in [0.5, 0.6) is 0 Å². The van der Waals surface area contributed by atoms with Crippen LogP contribution < -0.4 is 0 Å². The Morgan fingerprint density at radius 1 is 1.00 bits per heavy atom. The maximum atomic E-state index is 11.8. The molecule has 0 bridgehead atoms.